The Morgan fingerprint density at radius 2 is 2.08 bits per heavy atom. The Bertz CT molecular complexity index is 748. The van der Waals surface area contributed by atoms with Crippen LogP contribution in [-0.4, -0.2) is 60.6 Å². The van der Waals surface area contributed by atoms with Crippen molar-refractivity contribution < 1.29 is 21.9 Å². The van der Waals surface area contributed by atoms with Crippen molar-refractivity contribution in [3.8, 4) is 0 Å². The number of hydrogen-bond acceptors (Lipinski definition) is 5. The van der Waals surface area contributed by atoms with Gasteiger partial charge in [-0.2, -0.15) is 13.2 Å². The SMILES string of the molecule is Cc1c(C2C[C@H]3[C@@H](CS(=O)O)[N@]3C2)nc(N2CCC2C)nc1C(F)(F)F. The van der Waals surface area contributed by atoms with Crippen LogP contribution >= 0.6 is 0 Å². The molecule has 0 bridgehead atoms. The van der Waals surface area contributed by atoms with Crippen LogP contribution in [0.25, 0.3) is 0 Å². The molecule has 10 heteroatoms. The second-order valence-corrected chi connectivity index (χ2v) is 8.44. The maximum Gasteiger partial charge on any atom is 0.433 e. The van der Waals surface area contributed by atoms with E-state index in [2.05, 4.69) is 14.9 Å². The Labute approximate surface area is 152 Å². The van der Waals surface area contributed by atoms with Crippen molar-refractivity contribution in [3.63, 3.8) is 0 Å². The summed E-state index contributed by atoms with van der Waals surface area (Å²) in [6, 6.07) is 0.388. The third-order valence-electron chi connectivity index (χ3n) is 5.88. The highest BCUT2D eigenvalue weighted by atomic mass is 32.2. The quantitative estimate of drug-likeness (QED) is 0.628. The van der Waals surface area contributed by atoms with E-state index in [1.54, 1.807) is 0 Å². The molecule has 0 spiro atoms. The number of rotatable bonds is 4. The van der Waals surface area contributed by atoms with E-state index in [0.717, 1.165) is 6.42 Å². The van der Waals surface area contributed by atoms with Crippen molar-refractivity contribution in [2.75, 3.05) is 23.7 Å². The summed E-state index contributed by atoms with van der Waals surface area (Å²) in [5.41, 5.74) is -0.276. The molecular weight excluding hydrogens is 369 g/mol. The molecule has 0 radical (unpaired) electrons. The van der Waals surface area contributed by atoms with Crippen LogP contribution in [-0.2, 0) is 17.3 Å². The molecule has 0 aliphatic carbocycles. The summed E-state index contributed by atoms with van der Waals surface area (Å²) in [5.74, 6) is 0.271. The normalized spacial score (nSPS) is 34.4. The lowest BCUT2D eigenvalue weighted by atomic mass is 9.95. The van der Waals surface area contributed by atoms with Crippen LogP contribution in [0.5, 0.6) is 0 Å². The molecule has 4 rings (SSSR count). The molecule has 0 saturated carbocycles. The molecule has 3 saturated heterocycles. The molecule has 3 aliphatic rings. The van der Waals surface area contributed by atoms with Crippen LogP contribution < -0.4 is 4.90 Å². The first-order chi connectivity index (χ1) is 12.2. The minimum absolute atomic E-state index is 0.0659. The maximum absolute atomic E-state index is 13.5. The first-order valence-electron chi connectivity index (χ1n) is 8.72. The van der Waals surface area contributed by atoms with Crippen LogP contribution in [0.4, 0.5) is 19.1 Å². The number of alkyl halides is 3. The highest BCUT2D eigenvalue weighted by Crippen LogP contribution is 2.47. The Hall–Kier alpha value is -1.26. The average Bonchev–Trinajstić information content (AvgIpc) is 2.96. The number of nitrogens with zero attached hydrogens (tertiary/aromatic N) is 4. The summed E-state index contributed by atoms with van der Waals surface area (Å²) >= 11 is -1.85. The van der Waals surface area contributed by atoms with Crippen LogP contribution in [0.2, 0.25) is 0 Å². The topological polar surface area (TPSA) is 69.3 Å². The third kappa shape index (κ3) is 3.01. The molecule has 0 amide bonds. The van der Waals surface area contributed by atoms with Crippen molar-refractivity contribution in [2.24, 2.45) is 0 Å². The van der Waals surface area contributed by atoms with E-state index in [-0.39, 0.29) is 41.3 Å². The Morgan fingerprint density at radius 3 is 2.54 bits per heavy atom. The zero-order chi connectivity index (χ0) is 18.8. The number of halogens is 3. The Kier molecular flexibility index (Phi) is 4.27. The minimum Gasteiger partial charge on any atom is -0.338 e. The van der Waals surface area contributed by atoms with Gasteiger partial charge in [0, 0.05) is 42.7 Å². The molecule has 6 nitrogen and oxygen atoms in total. The zero-order valence-corrected chi connectivity index (χ0v) is 15.3. The van der Waals surface area contributed by atoms with Crippen molar-refractivity contribution >= 4 is 17.0 Å². The monoisotopic (exact) mass is 390 g/mol. The largest absolute Gasteiger partial charge is 0.433 e. The minimum atomic E-state index is -4.51. The summed E-state index contributed by atoms with van der Waals surface area (Å²) in [6.07, 6.45) is -2.91. The summed E-state index contributed by atoms with van der Waals surface area (Å²) in [6.45, 7) is 4.65. The average molecular weight is 390 g/mol. The number of piperidine rings is 1. The van der Waals surface area contributed by atoms with Gasteiger partial charge in [-0.1, -0.05) is 0 Å². The van der Waals surface area contributed by atoms with Gasteiger partial charge in [0.2, 0.25) is 5.95 Å². The number of fused-ring (bicyclic) bond motifs is 1. The molecule has 0 aromatic carbocycles. The van der Waals surface area contributed by atoms with E-state index in [0.29, 0.717) is 25.2 Å². The molecule has 3 aliphatic heterocycles. The number of anilines is 1. The van der Waals surface area contributed by atoms with Gasteiger partial charge in [0.05, 0.1) is 11.4 Å². The molecule has 144 valence electrons. The van der Waals surface area contributed by atoms with Crippen LogP contribution in [0.3, 0.4) is 0 Å². The lowest BCUT2D eigenvalue weighted by Crippen LogP contribution is -2.47. The molecular formula is C16H21F3N4O2S. The summed E-state index contributed by atoms with van der Waals surface area (Å²) in [7, 11) is 0. The Morgan fingerprint density at radius 1 is 1.35 bits per heavy atom. The predicted molar refractivity (Wildman–Crippen MR) is 90.5 cm³/mol. The van der Waals surface area contributed by atoms with E-state index in [1.165, 1.54) is 6.92 Å². The van der Waals surface area contributed by atoms with Gasteiger partial charge >= 0.3 is 6.18 Å². The summed E-state index contributed by atoms with van der Waals surface area (Å²) < 4.78 is 60.5. The first kappa shape index (κ1) is 18.1. The lowest BCUT2D eigenvalue weighted by Gasteiger charge is -2.39. The first-order valence-corrected chi connectivity index (χ1v) is 10.00. The molecule has 26 heavy (non-hydrogen) atoms. The smallest absolute Gasteiger partial charge is 0.338 e. The highest BCUT2D eigenvalue weighted by Gasteiger charge is 2.55. The van der Waals surface area contributed by atoms with Gasteiger partial charge in [-0.05, 0) is 26.7 Å². The molecule has 6 atom stereocenters. The zero-order valence-electron chi connectivity index (χ0n) is 14.5. The number of aromatic nitrogens is 2. The molecule has 3 fully saturated rings. The van der Waals surface area contributed by atoms with Crippen LogP contribution in [0.1, 0.15) is 42.6 Å². The molecule has 4 heterocycles. The van der Waals surface area contributed by atoms with Crippen LogP contribution in [0.15, 0.2) is 0 Å². The van der Waals surface area contributed by atoms with Gasteiger partial charge in [-0.3, -0.25) is 4.90 Å². The summed E-state index contributed by atoms with van der Waals surface area (Å²) in [4.78, 5) is 12.3. The van der Waals surface area contributed by atoms with E-state index in [4.69, 9.17) is 4.55 Å². The molecule has 1 aromatic heterocycles. The predicted octanol–water partition coefficient (Wildman–Crippen LogP) is 2.16. The van der Waals surface area contributed by atoms with Gasteiger partial charge in [0.25, 0.3) is 0 Å². The van der Waals surface area contributed by atoms with Crippen molar-refractivity contribution in [2.45, 2.75) is 56.9 Å². The van der Waals surface area contributed by atoms with Gasteiger partial charge in [0.1, 0.15) is 0 Å². The van der Waals surface area contributed by atoms with E-state index >= 15 is 0 Å². The summed E-state index contributed by atoms with van der Waals surface area (Å²) in [5, 5.41) is 0. The van der Waals surface area contributed by atoms with Gasteiger partial charge < -0.3 is 9.45 Å². The fraction of sp³-hybridized carbons (Fsp3) is 0.750. The van der Waals surface area contributed by atoms with Crippen molar-refractivity contribution in [3.05, 3.63) is 17.0 Å². The van der Waals surface area contributed by atoms with Gasteiger partial charge in [0.15, 0.2) is 16.8 Å². The van der Waals surface area contributed by atoms with E-state index in [9.17, 15) is 17.4 Å². The second-order valence-electron chi connectivity index (χ2n) is 7.46. The van der Waals surface area contributed by atoms with Crippen LogP contribution in [0, 0.1) is 6.92 Å². The lowest BCUT2D eigenvalue weighted by molar-refractivity contribution is -0.141. The van der Waals surface area contributed by atoms with E-state index < -0.39 is 23.0 Å². The van der Waals surface area contributed by atoms with Crippen molar-refractivity contribution in [1.29, 1.82) is 0 Å². The van der Waals surface area contributed by atoms with Gasteiger partial charge in [-0.25, -0.2) is 14.2 Å². The third-order valence-corrected chi connectivity index (χ3v) is 6.51. The maximum atomic E-state index is 13.5. The molecule has 3 unspecified atom stereocenters. The number of hydrogen-bond donors (Lipinski definition) is 1. The molecule has 1 aromatic rings. The Balaban J connectivity index is 1.62. The standard InChI is InChI=1S/C16H21F3N4O2S/c1-8-3-4-22(8)15-20-13(9(2)14(21-15)16(17,18)19)10-5-11-12(7-26(24)25)23(11)6-10/h8,10-12H,3-7H2,1-2H3,(H,24,25)/t8?,10?,11-,12+,23+/m0/s1. The highest BCUT2D eigenvalue weighted by molar-refractivity contribution is 7.79. The fourth-order valence-electron chi connectivity index (χ4n) is 4.26. The molecule has 1 N–H and O–H groups in total. The van der Waals surface area contributed by atoms with Crippen molar-refractivity contribution in [1.82, 2.24) is 14.9 Å². The van der Waals surface area contributed by atoms with E-state index in [1.807, 2.05) is 11.8 Å². The second kappa shape index (κ2) is 6.13. The fourth-order valence-corrected chi connectivity index (χ4v) is 4.97. The van der Waals surface area contributed by atoms with Gasteiger partial charge in [-0.15, -0.1) is 0 Å².